The molecule has 0 aliphatic carbocycles. The van der Waals surface area contributed by atoms with Gasteiger partial charge in [-0.15, -0.1) is 0 Å². The number of anilines is 1. The number of carbonyl (C=O) groups excluding carboxylic acids is 1. The highest BCUT2D eigenvalue weighted by molar-refractivity contribution is 6.01. The first-order valence-electron chi connectivity index (χ1n) is 4.98. The van der Waals surface area contributed by atoms with Crippen LogP contribution in [0.3, 0.4) is 0 Å². The summed E-state index contributed by atoms with van der Waals surface area (Å²) in [5.41, 5.74) is 1.03. The molecule has 2 heterocycles. The van der Waals surface area contributed by atoms with E-state index in [2.05, 4.69) is 5.32 Å². The standard InChI is InChI=1S/C11H12N2O/c14-11-10-6-9(7-12-10)13(11)8-4-2-1-3-5-8/h1-5,9-10,12H,6-7H2/t9-,10-/m0/s1. The molecule has 1 amide bonds. The summed E-state index contributed by atoms with van der Waals surface area (Å²) >= 11 is 0. The van der Waals surface area contributed by atoms with Gasteiger partial charge in [0, 0.05) is 12.2 Å². The molecule has 14 heavy (non-hydrogen) atoms. The number of para-hydroxylation sites is 1. The molecule has 1 aromatic carbocycles. The Morgan fingerprint density at radius 3 is 2.71 bits per heavy atom. The lowest BCUT2D eigenvalue weighted by atomic mass is 10.2. The fourth-order valence-electron chi connectivity index (χ4n) is 2.38. The molecular weight excluding hydrogens is 176 g/mol. The number of carbonyl (C=O) groups is 1. The average Bonchev–Trinajstić information content (AvgIpc) is 2.79. The fraction of sp³-hybridized carbons (Fsp3) is 0.364. The largest absolute Gasteiger partial charge is 0.307 e. The lowest BCUT2D eigenvalue weighted by Gasteiger charge is -2.27. The summed E-state index contributed by atoms with van der Waals surface area (Å²) in [5, 5.41) is 3.21. The summed E-state index contributed by atoms with van der Waals surface area (Å²) in [6.07, 6.45) is 0.966. The van der Waals surface area contributed by atoms with Crippen molar-refractivity contribution in [1.29, 1.82) is 0 Å². The van der Waals surface area contributed by atoms with Gasteiger partial charge in [-0.1, -0.05) is 18.2 Å². The Labute approximate surface area is 82.7 Å². The first kappa shape index (κ1) is 8.00. The first-order chi connectivity index (χ1) is 6.86. The zero-order chi connectivity index (χ0) is 9.54. The molecule has 2 saturated heterocycles. The Hall–Kier alpha value is -1.35. The number of fused-ring (bicyclic) bond motifs is 2. The van der Waals surface area contributed by atoms with Crippen molar-refractivity contribution in [1.82, 2.24) is 5.32 Å². The summed E-state index contributed by atoms with van der Waals surface area (Å²) in [4.78, 5) is 13.8. The predicted octanol–water partition coefficient (Wildman–Crippen LogP) is 0.764. The summed E-state index contributed by atoms with van der Waals surface area (Å²) in [6.45, 7) is 0.936. The molecule has 2 aliphatic heterocycles. The maximum atomic E-state index is 11.8. The van der Waals surface area contributed by atoms with E-state index in [9.17, 15) is 4.79 Å². The van der Waals surface area contributed by atoms with Crippen LogP contribution in [0, 0.1) is 0 Å². The van der Waals surface area contributed by atoms with Crippen molar-refractivity contribution in [3.05, 3.63) is 30.3 Å². The number of nitrogens with one attached hydrogen (secondary N) is 1. The third-order valence-corrected chi connectivity index (χ3v) is 3.04. The minimum absolute atomic E-state index is 0.0696. The van der Waals surface area contributed by atoms with Gasteiger partial charge in [0.1, 0.15) is 0 Å². The van der Waals surface area contributed by atoms with Crippen molar-refractivity contribution in [2.75, 3.05) is 11.4 Å². The Morgan fingerprint density at radius 2 is 2.07 bits per heavy atom. The lowest BCUT2D eigenvalue weighted by Crippen LogP contribution is -2.48. The number of hydrogen-bond donors (Lipinski definition) is 1. The summed E-state index contributed by atoms with van der Waals surface area (Å²) in [7, 11) is 0. The Kier molecular flexibility index (Phi) is 1.61. The van der Waals surface area contributed by atoms with E-state index in [0.717, 1.165) is 18.7 Å². The van der Waals surface area contributed by atoms with Gasteiger partial charge in [-0.3, -0.25) is 4.79 Å². The molecule has 2 bridgehead atoms. The van der Waals surface area contributed by atoms with Crippen LogP contribution in [-0.2, 0) is 4.79 Å². The molecule has 3 nitrogen and oxygen atoms in total. The van der Waals surface area contributed by atoms with Crippen LogP contribution in [-0.4, -0.2) is 24.5 Å². The minimum Gasteiger partial charge on any atom is -0.307 e. The van der Waals surface area contributed by atoms with Crippen molar-refractivity contribution >= 4 is 11.6 Å². The third-order valence-electron chi connectivity index (χ3n) is 3.04. The van der Waals surface area contributed by atoms with Crippen LogP contribution in [0.25, 0.3) is 0 Å². The Bertz CT molecular complexity index is 363. The van der Waals surface area contributed by atoms with Gasteiger partial charge in [0.15, 0.2) is 0 Å². The van der Waals surface area contributed by atoms with Gasteiger partial charge in [-0.05, 0) is 18.6 Å². The van der Waals surface area contributed by atoms with Crippen LogP contribution in [0.2, 0.25) is 0 Å². The van der Waals surface area contributed by atoms with Crippen LogP contribution >= 0.6 is 0 Å². The van der Waals surface area contributed by atoms with E-state index in [1.54, 1.807) is 0 Å². The molecule has 1 N–H and O–H groups in total. The van der Waals surface area contributed by atoms with Gasteiger partial charge in [0.2, 0.25) is 5.91 Å². The molecular formula is C11H12N2O. The lowest BCUT2D eigenvalue weighted by molar-refractivity contribution is -0.119. The molecule has 0 unspecified atom stereocenters. The molecule has 2 aliphatic rings. The highest BCUT2D eigenvalue weighted by Crippen LogP contribution is 2.29. The van der Waals surface area contributed by atoms with Gasteiger partial charge >= 0.3 is 0 Å². The average molecular weight is 188 g/mol. The zero-order valence-electron chi connectivity index (χ0n) is 7.81. The van der Waals surface area contributed by atoms with Crippen molar-refractivity contribution < 1.29 is 4.79 Å². The molecule has 72 valence electrons. The number of piperazine rings is 1. The number of benzene rings is 1. The fourth-order valence-corrected chi connectivity index (χ4v) is 2.38. The van der Waals surface area contributed by atoms with E-state index in [1.807, 2.05) is 35.2 Å². The first-order valence-corrected chi connectivity index (χ1v) is 4.98. The monoisotopic (exact) mass is 188 g/mol. The molecule has 2 atom stereocenters. The van der Waals surface area contributed by atoms with Crippen molar-refractivity contribution in [2.45, 2.75) is 18.5 Å². The molecule has 0 saturated carbocycles. The van der Waals surface area contributed by atoms with Crippen molar-refractivity contribution in [3.8, 4) is 0 Å². The second-order valence-corrected chi connectivity index (χ2v) is 3.89. The topological polar surface area (TPSA) is 32.3 Å². The Morgan fingerprint density at radius 1 is 1.29 bits per heavy atom. The summed E-state index contributed by atoms with van der Waals surface area (Å²) in [5.74, 6) is 0.229. The number of hydrogen-bond acceptors (Lipinski definition) is 2. The second-order valence-electron chi connectivity index (χ2n) is 3.89. The van der Waals surface area contributed by atoms with E-state index in [0.29, 0.717) is 6.04 Å². The van der Waals surface area contributed by atoms with Crippen molar-refractivity contribution in [2.24, 2.45) is 0 Å². The second kappa shape index (κ2) is 2.82. The van der Waals surface area contributed by atoms with Gasteiger partial charge in [-0.2, -0.15) is 0 Å². The predicted molar refractivity (Wildman–Crippen MR) is 54.1 cm³/mol. The van der Waals surface area contributed by atoms with Crippen LogP contribution in [0.1, 0.15) is 6.42 Å². The Balaban J connectivity index is 1.97. The van der Waals surface area contributed by atoms with Gasteiger partial charge in [0.05, 0.1) is 12.1 Å². The molecule has 3 heteroatoms. The maximum absolute atomic E-state index is 11.8. The van der Waals surface area contributed by atoms with Crippen LogP contribution in [0.4, 0.5) is 5.69 Å². The number of amides is 1. The summed E-state index contributed by atoms with van der Waals surface area (Å²) < 4.78 is 0. The van der Waals surface area contributed by atoms with Crippen LogP contribution < -0.4 is 10.2 Å². The molecule has 0 radical (unpaired) electrons. The van der Waals surface area contributed by atoms with Gasteiger partial charge in [0.25, 0.3) is 0 Å². The quantitative estimate of drug-likeness (QED) is 0.705. The molecule has 3 rings (SSSR count). The van der Waals surface area contributed by atoms with E-state index in [1.165, 1.54) is 0 Å². The van der Waals surface area contributed by atoms with Crippen molar-refractivity contribution in [3.63, 3.8) is 0 Å². The van der Waals surface area contributed by atoms with Gasteiger partial charge < -0.3 is 10.2 Å². The van der Waals surface area contributed by atoms with E-state index in [4.69, 9.17) is 0 Å². The van der Waals surface area contributed by atoms with Crippen LogP contribution in [0.5, 0.6) is 0 Å². The van der Waals surface area contributed by atoms with E-state index < -0.39 is 0 Å². The highest BCUT2D eigenvalue weighted by Gasteiger charge is 2.44. The minimum atomic E-state index is 0.0696. The highest BCUT2D eigenvalue weighted by atomic mass is 16.2. The molecule has 2 fully saturated rings. The molecule has 0 aromatic heterocycles. The maximum Gasteiger partial charge on any atom is 0.244 e. The number of nitrogens with zero attached hydrogens (tertiary/aromatic N) is 1. The van der Waals surface area contributed by atoms with E-state index in [-0.39, 0.29) is 11.9 Å². The normalized spacial score (nSPS) is 30.0. The summed E-state index contributed by atoms with van der Waals surface area (Å²) in [6, 6.07) is 10.4. The van der Waals surface area contributed by atoms with Crippen LogP contribution in [0.15, 0.2) is 30.3 Å². The zero-order valence-corrected chi connectivity index (χ0v) is 7.81. The van der Waals surface area contributed by atoms with E-state index >= 15 is 0 Å². The molecule has 0 spiro atoms. The smallest absolute Gasteiger partial charge is 0.244 e. The molecule has 1 aromatic rings. The SMILES string of the molecule is O=C1[C@@H]2C[C@@H](CN2)N1c1ccccc1. The van der Waals surface area contributed by atoms with Gasteiger partial charge in [-0.25, -0.2) is 0 Å². The number of rotatable bonds is 1. The third kappa shape index (κ3) is 0.990.